The van der Waals surface area contributed by atoms with Gasteiger partial charge in [0.15, 0.2) is 11.5 Å². The summed E-state index contributed by atoms with van der Waals surface area (Å²) >= 11 is 0. The second-order valence-electron chi connectivity index (χ2n) is 3.86. The zero-order chi connectivity index (χ0) is 14.0. The van der Waals surface area contributed by atoms with Crippen molar-refractivity contribution in [1.82, 2.24) is 5.16 Å². The predicted octanol–water partition coefficient (Wildman–Crippen LogP) is 2.37. The van der Waals surface area contributed by atoms with Gasteiger partial charge in [-0.15, -0.1) is 0 Å². The molecule has 0 aliphatic carbocycles. The summed E-state index contributed by atoms with van der Waals surface area (Å²) in [7, 11) is 3.09. The summed E-state index contributed by atoms with van der Waals surface area (Å²) in [6, 6.07) is 4.88. The Labute approximate surface area is 109 Å². The molecule has 0 atom stereocenters. The number of methoxy groups -OCH3 is 2. The summed E-state index contributed by atoms with van der Waals surface area (Å²) in [5.74, 6) is -0.174. The molecule has 1 heterocycles. The molecule has 0 fully saturated rings. The number of aromatic nitrogens is 1. The zero-order valence-corrected chi connectivity index (χ0v) is 10.8. The van der Waals surface area contributed by atoms with Crippen LogP contribution in [-0.2, 0) is 0 Å². The van der Waals surface area contributed by atoms with E-state index in [1.807, 2.05) is 6.92 Å². The van der Waals surface area contributed by atoms with E-state index in [9.17, 15) is 4.79 Å². The van der Waals surface area contributed by atoms with Crippen molar-refractivity contribution in [2.75, 3.05) is 14.2 Å². The summed E-state index contributed by atoms with van der Waals surface area (Å²) in [5, 5.41) is 12.6. The Hall–Kier alpha value is -2.50. The van der Waals surface area contributed by atoms with Crippen LogP contribution in [0.5, 0.6) is 11.5 Å². The molecule has 2 rings (SSSR count). The molecule has 0 amide bonds. The fourth-order valence-electron chi connectivity index (χ4n) is 1.86. The zero-order valence-electron chi connectivity index (χ0n) is 10.8. The van der Waals surface area contributed by atoms with E-state index in [1.165, 1.54) is 6.07 Å². The molecule has 1 N–H and O–H groups in total. The maximum absolute atomic E-state index is 10.8. The summed E-state index contributed by atoms with van der Waals surface area (Å²) < 4.78 is 15.2. The number of carbonyl (C=O) groups is 1. The highest BCUT2D eigenvalue weighted by Gasteiger charge is 2.17. The SMILES string of the molecule is COc1ccc(-c2cc(C(=O)O)on2)c(C)c1OC. The number of rotatable bonds is 4. The lowest BCUT2D eigenvalue weighted by Gasteiger charge is -2.12. The van der Waals surface area contributed by atoms with Crippen molar-refractivity contribution in [3.05, 3.63) is 29.5 Å². The number of ether oxygens (including phenoxy) is 2. The molecule has 1 aromatic heterocycles. The van der Waals surface area contributed by atoms with E-state index in [1.54, 1.807) is 26.4 Å². The number of hydrogen-bond acceptors (Lipinski definition) is 5. The maximum Gasteiger partial charge on any atom is 0.374 e. The van der Waals surface area contributed by atoms with Crippen LogP contribution in [0.3, 0.4) is 0 Å². The molecule has 0 saturated heterocycles. The van der Waals surface area contributed by atoms with Gasteiger partial charge < -0.3 is 19.1 Å². The third kappa shape index (κ3) is 2.24. The second kappa shape index (κ2) is 5.01. The van der Waals surface area contributed by atoms with Crippen LogP contribution < -0.4 is 9.47 Å². The van der Waals surface area contributed by atoms with Gasteiger partial charge in [0.2, 0.25) is 5.76 Å². The lowest BCUT2D eigenvalue weighted by atomic mass is 10.0. The third-order valence-corrected chi connectivity index (χ3v) is 2.79. The summed E-state index contributed by atoms with van der Waals surface area (Å²) in [6.07, 6.45) is 0. The van der Waals surface area contributed by atoms with Crippen molar-refractivity contribution in [3.63, 3.8) is 0 Å². The Balaban J connectivity index is 2.53. The second-order valence-corrected chi connectivity index (χ2v) is 3.86. The molecule has 0 saturated carbocycles. The number of aromatic carboxylic acids is 1. The van der Waals surface area contributed by atoms with Gasteiger partial charge in [-0.1, -0.05) is 5.16 Å². The molecule has 0 bridgehead atoms. The first kappa shape index (κ1) is 12.9. The van der Waals surface area contributed by atoms with Crippen molar-refractivity contribution >= 4 is 5.97 Å². The average Bonchev–Trinajstić information content (AvgIpc) is 2.87. The molecule has 0 unspecified atom stereocenters. The summed E-state index contributed by atoms with van der Waals surface area (Å²) in [6.45, 7) is 1.84. The fourth-order valence-corrected chi connectivity index (χ4v) is 1.86. The minimum absolute atomic E-state index is 0.204. The Morgan fingerprint density at radius 1 is 1.32 bits per heavy atom. The van der Waals surface area contributed by atoms with Crippen molar-refractivity contribution in [2.45, 2.75) is 6.92 Å². The molecule has 6 heteroatoms. The average molecular weight is 263 g/mol. The highest BCUT2D eigenvalue weighted by atomic mass is 16.5. The smallest absolute Gasteiger partial charge is 0.374 e. The van der Waals surface area contributed by atoms with Crippen LogP contribution in [0.25, 0.3) is 11.3 Å². The molecule has 6 nitrogen and oxygen atoms in total. The minimum Gasteiger partial charge on any atom is -0.493 e. The lowest BCUT2D eigenvalue weighted by Crippen LogP contribution is -1.95. The van der Waals surface area contributed by atoms with Gasteiger partial charge in [-0.3, -0.25) is 0 Å². The molecule has 19 heavy (non-hydrogen) atoms. The third-order valence-electron chi connectivity index (χ3n) is 2.79. The van der Waals surface area contributed by atoms with E-state index in [2.05, 4.69) is 5.16 Å². The number of benzene rings is 1. The normalized spacial score (nSPS) is 10.3. The van der Waals surface area contributed by atoms with Gasteiger partial charge in [0, 0.05) is 17.2 Å². The summed E-state index contributed by atoms with van der Waals surface area (Å²) in [4.78, 5) is 10.8. The van der Waals surface area contributed by atoms with E-state index in [0.717, 1.165) is 11.1 Å². The predicted molar refractivity (Wildman–Crippen MR) is 66.7 cm³/mol. The summed E-state index contributed by atoms with van der Waals surface area (Å²) in [5.41, 5.74) is 1.97. The van der Waals surface area contributed by atoms with Gasteiger partial charge in [0.1, 0.15) is 5.69 Å². The standard InChI is InChI=1S/C13H13NO5/c1-7-8(4-5-10(17-2)12(7)18-3)9-6-11(13(15)16)19-14-9/h4-6H,1-3H3,(H,15,16). The number of carboxylic acid groups (broad SMARTS) is 1. The highest BCUT2D eigenvalue weighted by molar-refractivity contribution is 5.86. The quantitative estimate of drug-likeness (QED) is 0.911. The van der Waals surface area contributed by atoms with Gasteiger partial charge in [-0.05, 0) is 19.1 Å². The van der Waals surface area contributed by atoms with Crippen LogP contribution in [-0.4, -0.2) is 30.5 Å². The van der Waals surface area contributed by atoms with Gasteiger partial charge in [0.05, 0.1) is 14.2 Å². The van der Waals surface area contributed by atoms with Crippen LogP contribution in [0.2, 0.25) is 0 Å². The Kier molecular flexibility index (Phi) is 3.41. The van der Waals surface area contributed by atoms with E-state index in [0.29, 0.717) is 17.2 Å². The first-order valence-electron chi connectivity index (χ1n) is 5.50. The topological polar surface area (TPSA) is 81.8 Å². The number of nitrogens with zero attached hydrogens (tertiary/aromatic N) is 1. The Bertz CT molecular complexity index is 617. The highest BCUT2D eigenvalue weighted by Crippen LogP contribution is 2.37. The van der Waals surface area contributed by atoms with Gasteiger partial charge in [0.25, 0.3) is 0 Å². The van der Waals surface area contributed by atoms with Crippen molar-refractivity contribution in [2.24, 2.45) is 0 Å². The van der Waals surface area contributed by atoms with Crippen molar-refractivity contribution in [3.8, 4) is 22.8 Å². The van der Waals surface area contributed by atoms with Crippen molar-refractivity contribution < 1.29 is 23.9 Å². The van der Waals surface area contributed by atoms with Crippen molar-refractivity contribution in [1.29, 1.82) is 0 Å². The molecule has 0 radical (unpaired) electrons. The lowest BCUT2D eigenvalue weighted by molar-refractivity contribution is 0.0652. The van der Waals surface area contributed by atoms with Crippen LogP contribution in [0.1, 0.15) is 16.1 Å². The Morgan fingerprint density at radius 3 is 2.58 bits per heavy atom. The van der Waals surface area contributed by atoms with Gasteiger partial charge >= 0.3 is 5.97 Å². The first-order chi connectivity index (χ1) is 9.08. The number of carboxylic acids is 1. The van der Waals surface area contributed by atoms with Crippen LogP contribution >= 0.6 is 0 Å². The van der Waals surface area contributed by atoms with Gasteiger partial charge in [-0.2, -0.15) is 0 Å². The van der Waals surface area contributed by atoms with E-state index >= 15 is 0 Å². The first-order valence-corrected chi connectivity index (χ1v) is 5.50. The van der Waals surface area contributed by atoms with Gasteiger partial charge in [-0.25, -0.2) is 4.79 Å². The molecular formula is C13H13NO5. The molecule has 0 aliphatic rings. The van der Waals surface area contributed by atoms with E-state index in [-0.39, 0.29) is 5.76 Å². The molecule has 0 aliphatic heterocycles. The minimum atomic E-state index is -1.16. The molecule has 100 valence electrons. The van der Waals surface area contributed by atoms with E-state index in [4.69, 9.17) is 19.1 Å². The van der Waals surface area contributed by atoms with Crippen LogP contribution in [0.4, 0.5) is 0 Å². The Morgan fingerprint density at radius 2 is 2.05 bits per heavy atom. The molecule has 1 aromatic carbocycles. The monoisotopic (exact) mass is 263 g/mol. The van der Waals surface area contributed by atoms with Crippen LogP contribution in [0, 0.1) is 6.92 Å². The number of hydrogen-bond donors (Lipinski definition) is 1. The largest absolute Gasteiger partial charge is 0.493 e. The molecular weight excluding hydrogens is 250 g/mol. The molecule has 2 aromatic rings. The van der Waals surface area contributed by atoms with Crippen LogP contribution in [0.15, 0.2) is 22.7 Å². The maximum atomic E-state index is 10.8. The van der Waals surface area contributed by atoms with E-state index < -0.39 is 5.97 Å². The fraction of sp³-hybridized carbons (Fsp3) is 0.231. The molecule has 0 spiro atoms.